The molecule has 0 saturated carbocycles. The Hall–Kier alpha value is -3.94. The molecule has 1 amide bonds. The van der Waals surface area contributed by atoms with Gasteiger partial charge in [-0.25, -0.2) is 4.79 Å². The van der Waals surface area contributed by atoms with Crippen LogP contribution in [0.1, 0.15) is 11.1 Å². The lowest BCUT2D eigenvalue weighted by Gasteiger charge is -2.14. The van der Waals surface area contributed by atoms with Crippen LogP contribution in [0.5, 0.6) is 23.0 Å². The number of carbonyl (C=O) groups is 2. The highest BCUT2D eigenvalue weighted by Crippen LogP contribution is 2.39. The molecule has 0 aliphatic carbocycles. The van der Waals surface area contributed by atoms with E-state index in [4.69, 9.17) is 29.4 Å². The molecule has 0 fully saturated rings. The van der Waals surface area contributed by atoms with Gasteiger partial charge in [0.05, 0.1) is 46.7 Å². The molecule has 164 valence electrons. The molecule has 0 aliphatic heterocycles. The van der Waals surface area contributed by atoms with E-state index < -0.39 is 11.9 Å². The van der Waals surface area contributed by atoms with Gasteiger partial charge in [0.2, 0.25) is 11.7 Å². The molecule has 8 nitrogen and oxygen atoms in total. The molecule has 0 radical (unpaired) electrons. The van der Waals surface area contributed by atoms with Gasteiger partial charge >= 0.3 is 5.97 Å². The number of ether oxygens (including phenoxy) is 5. The molecule has 0 bridgehead atoms. The molecule has 2 aromatic rings. The molecule has 0 atom stereocenters. The van der Waals surface area contributed by atoms with Crippen LogP contribution < -0.4 is 24.7 Å². The first-order valence-electron chi connectivity index (χ1n) is 9.14. The molecule has 0 aliphatic rings. The standard InChI is InChI=1S/C23H25NO7/c1-27-16-8-6-14(7-9-16)10-17(22(24)25)18(23(26)31-5)11-15-12-19(28-2)21(30-4)20(13-15)29-3/h6-13H,1-5H3,(H2,24,25)/b17-10+,18-11+. The van der Waals surface area contributed by atoms with Crippen molar-refractivity contribution < 1.29 is 33.3 Å². The molecule has 8 heteroatoms. The van der Waals surface area contributed by atoms with E-state index in [1.165, 1.54) is 40.6 Å². The Kier molecular flexibility index (Phi) is 8.08. The normalized spacial score (nSPS) is 11.5. The average molecular weight is 427 g/mol. The number of esters is 1. The van der Waals surface area contributed by atoms with Crippen molar-refractivity contribution in [3.63, 3.8) is 0 Å². The molecule has 0 unspecified atom stereocenters. The monoisotopic (exact) mass is 427 g/mol. The van der Waals surface area contributed by atoms with Gasteiger partial charge in [-0.05, 0) is 47.5 Å². The predicted molar refractivity (Wildman–Crippen MR) is 116 cm³/mol. The fraction of sp³-hybridized carbons (Fsp3) is 0.217. The van der Waals surface area contributed by atoms with Crippen LogP contribution in [0.15, 0.2) is 47.5 Å². The van der Waals surface area contributed by atoms with E-state index >= 15 is 0 Å². The van der Waals surface area contributed by atoms with Crippen LogP contribution in [0.3, 0.4) is 0 Å². The van der Waals surface area contributed by atoms with Gasteiger partial charge < -0.3 is 29.4 Å². The Balaban J connectivity index is 2.66. The van der Waals surface area contributed by atoms with Crippen molar-refractivity contribution >= 4 is 24.0 Å². The second-order valence-corrected chi connectivity index (χ2v) is 6.20. The van der Waals surface area contributed by atoms with E-state index in [1.807, 2.05) is 0 Å². The van der Waals surface area contributed by atoms with Crippen LogP contribution in [0, 0.1) is 0 Å². The highest BCUT2D eigenvalue weighted by Gasteiger charge is 2.21. The number of primary amides is 1. The van der Waals surface area contributed by atoms with Crippen molar-refractivity contribution in [3.05, 3.63) is 58.7 Å². The molecule has 0 spiro atoms. The van der Waals surface area contributed by atoms with Crippen LogP contribution in [0.25, 0.3) is 12.2 Å². The van der Waals surface area contributed by atoms with Gasteiger partial charge in [-0.3, -0.25) is 4.79 Å². The number of hydrogen-bond acceptors (Lipinski definition) is 7. The number of nitrogens with two attached hydrogens (primary N) is 1. The number of hydrogen-bond donors (Lipinski definition) is 1. The Morgan fingerprint density at radius 1 is 0.742 bits per heavy atom. The molecule has 2 rings (SSSR count). The largest absolute Gasteiger partial charge is 0.497 e. The van der Waals surface area contributed by atoms with Gasteiger partial charge in [-0.1, -0.05) is 12.1 Å². The number of carbonyl (C=O) groups excluding carboxylic acids is 2. The van der Waals surface area contributed by atoms with E-state index in [9.17, 15) is 9.59 Å². The fourth-order valence-electron chi connectivity index (χ4n) is 2.86. The third-order valence-corrected chi connectivity index (χ3v) is 4.39. The lowest BCUT2D eigenvalue weighted by Crippen LogP contribution is -2.20. The van der Waals surface area contributed by atoms with Gasteiger partial charge in [-0.2, -0.15) is 0 Å². The third kappa shape index (κ3) is 5.57. The molecule has 31 heavy (non-hydrogen) atoms. The summed E-state index contributed by atoms with van der Waals surface area (Å²) in [6, 6.07) is 10.2. The number of methoxy groups -OCH3 is 5. The molecule has 0 heterocycles. The maximum atomic E-state index is 12.5. The predicted octanol–water partition coefficient (Wildman–Crippen LogP) is 2.85. The summed E-state index contributed by atoms with van der Waals surface area (Å²) in [4.78, 5) is 24.8. The summed E-state index contributed by atoms with van der Waals surface area (Å²) in [5, 5.41) is 0. The smallest absolute Gasteiger partial charge is 0.338 e. The minimum absolute atomic E-state index is 0.0224. The van der Waals surface area contributed by atoms with Gasteiger partial charge in [0.25, 0.3) is 0 Å². The van der Waals surface area contributed by atoms with Crippen molar-refractivity contribution in [2.75, 3.05) is 35.5 Å². The van der Waals surface area contributed by atoms with Gasteiger partial charge in [0.15, 0.2) is 11.5 Å². The minimum Gasteiger partial charge on any atom is -0.497 e. The van der Waals surface area contributed by atoms with Crippen LogP contribution >= 0.6 is 0 Å². The van der Waals surface area contributed by atoms with Crippen LogP contribution in [-0.4, -0.2) is 47.4 Å². The molecule has 0 saturated heterocycles. The summed E-state index contributed by atoms with van der Waals surface area (Å²) >= 11 is 0. The van der Waals surface area contributed by atoms with Crippen LogP contribution in [0.2, 0.25) is 0 Å². The lowest BCUT2D eigenvalue weighted by atomic mass is 9.99. The maximum absolute atomic E-state index is 12.5. The molecule has 2 aromatic carbocycles. The van der Waals surface area contributed by atoms with E-state index in [1.54, 1.807) is 43.5 Å². The first-order valence-corrected chi connectivity index (χ1v) is 9.14. The Bertz CT molecular complexity index is 982. The van der Waals surface area contributed by atoms with Gasteiger partial charge in [0, 0.05) is 0 Å². The van der Waals surface area contributed by atoms with Gasteiger partial charge in [-0.15, -0.1) is 0 Å². The van der Waals surface area contributed by atoms with E-state index in [0.717, 1.165) is 0 Å². The molecule has 0 aromatic heterocycles. The van der Waals surface area contributed by atoms with Gasteiger partial charge in [0.1, 0.15) is 5.75 Å². The van der Waals surface area contributed by atoms with Crippen LogP contribution in [-0.2, 0) is 14.3 Å². The summed E-state index contributed by atoms with van der Waals surface area (Å²) < 4.78 is 26.0. The number of benzene rings is 2. The Labute approximate surface area is 180 Å². The summed E-state index contributed by atoms with van der Waals surface area (Å²) in [6.07, 6.45) is 2.97. The van der Waals surface area contributed by atoms with E-state index in [2.05, 4.69) is 0 Å². The number of rotatable bonds is 9. The summed E-state index contributed by atoms with van der Waals surface area (Å²) in [5.41, 5.74) is 6.70. The third-order valence-electron chi connectivity index (χ3n) is 4.39. The molecular formula is C23H25NO7. The lowest BCUT2D eigenvalue weighted by molar-refractivity contribution is -0.136. The Morgan fingerprint density at radius 3 is 1.71 bits per heavy atom. The average Bonchev–Trinajstić information content (AvgIpc) is 2.80. The van der Waals surface area contributed by atoms with Crippen molar-refractivity contribution in [1.29, 1.82) is 0 Å². The topological polar surface area (TPSA) is 106 Å². The molecular weight excluding hydrogens is 402 g/mol. The highest BCUT2D eigenvalue weighted by molar-refractivity contribution is 6.14. The highest BCUT2D eigenvalue weighted by atomic mass is 16.5. The van der Waals surface area contributed by atoms with Crippen molar-refractivity contribution in [2.24, 2.45) is 5.73 Å². The zero-order valence-corrected chi connectivity index (χ0v) is 18.1. The van der Waals surface area contributed by atoms with E-state index in [-0.39, 0.29) is 11.1 Å². The number of amides is 1. The van der Waals surface area contributed by atoms with Crippen molar-refractivity contribution in [3.8, 4) is 23.0 Å². The van der Waals surface area contributed by atoms with Crippen molar-refractivity contribution in [1.82, 2.24) is 0 Å². The zero-order chi connectivity index (χ0) is 23.0. The summed E-state index contributed by atoms with van der Waals surface area (Å²) in [7, 11) is 7.21. The zero-order valence-electron chi connectivity index (χ0n) is 18.1. The SMILES string of the molecule is COC(=O)C(=C/c1cc(OC)c(OC)c(OC)c1)/C(=C\c1ccc(OC)cc1)C(N)=O. The first kappa shape index (κ1) is 23.3. The first-order chi connectivity index (χ1) is 14.9. The second-order valence-electron chi connectivity index (χ2n) is 6.20. The molecule has 2 N–H and O–H groups in total. The van der Waals surface area contributed by atoms with Crippen LogP contribution in [0.4, 0.5) is 0 Å². The fourth-order valence-corrected chi connectivity index (χ4v) is 2.86. The maximum Gasteiger partial charge on any atom is 0.338 e. The van der Waals surface area contributed by atoms with Crippen molar-refractivity contribution in [2.45, 2.75) is 0 Å². The minimum atomic E-state index is -0.792. The summed E-state index contributed by atoms with van der Waals surface area (Å²) in [5.74, 6) is 0.297. The second kappa shape index (κ2) is 10.7. The summed E-state index contributed by atoms with van der Waals surface area (Å²) in [6.45, 7) is 0. The quantitative estimate of drug-likeness (QED) is 0.373. The Morgan fingerprint density at radius 2 is 1.29 bits per heavy atom. The van der Waals surface area contributed by atoms with E-state index in [0.29, 0.717) is 34.1 Å².